The predicted octanol–water partition coefficient (Wildman–Crippen LogP) is 0.558. The molecule has 10 heteroatoms. The molecule has 2 aliphatic heterocycles. The van der Waals surface area contributed by atoms with E-state index in [-0.39, 0.29) is 16.9 Å². The fourth-order valence-electron chi connectivity index (χ4n) is 5.02. The standard InChI is InChI=1S/C21H27N7O3/c1-22-19-23-11-14(12-24-19)18(30)28-6-2-4-21(13-28)5-3-15-16(21)25-20(26-17(15)29)27-7-9-31-10-8-27/h11-12H,2-10,13H2,1H3,(H,22,23,24)(H,25,26,29). The van der Waals surface area contributed by atoms with Gasteiger partial charge in [-0.1, -0.05) is 0 Å². The van der Waals surface area contributed by atoms with Gasteiger partial charge in [0, 0.05) is 56.6 Å². The second-order valence-electron chi connectivity index (χ2n) is 8.47. The van der Waals surface area contributed by atoms with E-state index in [1.165, 1.54) is 0 Å². The van der Waals surface area contributed by atoms with Gasteiger partial charge in [-0.25, -0.2) is 15.0 Å². The Morgan fingerprint density at radius 1 is 1.19 bits per heavy atom. The summed E-state index contributed by atoms with van der Waals surface area (Å²) in [5.41, 5.74) is 1.79. The number of morpholine rings is 1. The Bertz CT molecular complexity index is 1030. The van der Waals surface area contributed by atoms with Crippen molar-refractivity contribution in [3.05, 3.63) is 39.6 Å². The molecule has 1 aliphatic carbocycles. The van der Waals surface area contributed by atoms with Crippen LogP contribution in [0, 0.1) is 0 Å². The monoisotopic (exact) mass is 425 g/mol. The number of rotatable bonds is 3. The predicted molar refractivity (Wildman–Crippen MR) is 115 cm³/mol. The van der Waals surface area contributed by atoms with Crippen LogP contribution in [0.15, 0.2) is 17.2 Å². The molecule has 1 amide bonds. The van der Waals surface area contributed by atoms with Crippen molar-refractivity contribution >= 4 is 17.8 Å². The fourth-order valence-corrected chi connectivity index (χ4v) is 5.02. The third kappa shape index (κ3) is 3.54. The Morgan fingerprint density at radius 2 is 1.97 bits per heavy atom. The third-order valence-electron chi connectivity index (χ3n) is 6.66. The molecule has 4 heterocycles. The molecule has 31 heavy (non-hydrogen) atoms. The number of hydrogen-bond donors (Lipinski definition) is 2. The van der Waals surface area contributed by atoms with Crippen LogP contribution in [0.4, 0.5) is 11.9 Å². The number of H-pyrrole nitrogens is 1. The van der Waals surface area contributed by atoms with Gasteiger partial charge in [0.05, 0.1) is 24.5 Å². The largest absolute Gasteiger partial charge is 0.378 e. The van der Waals surface area contributed by atoms with Crippen molar-refractivity contribution in [2.45, 2.75) is 31.1 Å². The highest BCUT2D eigenvalue weighted by atomic mass is 16.5. The summed E-state index contributed by atoms with van der Waals surface area (Å²) in [6, 6.07) is 0. The van der Waals surface area contributed by atoms with E-state index in [0.717, 1.165) is 30.5 Å². The zero-order chi connectivity index (χ0) is 21.4. The van der Waals surface area contributed by atoms with Crippen LogP contribution in [0.25, 0.3) is 0 Å². The average molecular weight is 425 g/mol. The molecule has 2 saturated heterocycles. The van der Waals surface area contributed by atoms with Crippen molar-refractivity contribution in [3.63, 3.8) is 0 Å². The normalized spacial score (nSPS) is 23.1. The molecule has 0 radical (unpaired) electrons. The van der Waals surface area contributed by atoms with Gasteiger partial charge in [0.2, 0.25) is 11.9 Å². The molecule has 2 aromatic heterocycles. The Kier molecular flexibility index (Phi) is 5.09. The van der Waals surface area contributed by atoms with E-state index < -0.39 is 0 Å². The summed E-state index contributed by atoms with van der Waals surface area (Å²) in [4.78, 5) is 46.2. The molecule has 164 valence electrons. The van der Waals surface area contributed by atoms with Crippen molar-refractivity contribution < 1.29 is 9.53 Å². The third-order valence-corrected chi connectivity index (χ3v) is 6.66. The number of aromatic amines is 1. The number of piperidine rings is 1. The topological polar surface area (TPSA) is 116 Å². The first-order valence-electron chi connectivity index (χ1n) is 10.9. The van der Waals surface area contributed by atoms with Crippen molar-refractivity contribution in [1.29, 1.82) is 0 Å². The summed E-state index contributed by atoms with van der Waals surface area (Å²) in [6.07, 6.45) is 6.46. The van der Waals surface area contributed by atoms with Gasteiger partial charge in [-0.2, -0.15) is 0 Å². The minimum absolute atomic E-state index is 0.0529. The van der Waals surface area contributed by atoms with Gasteiger partial charge in [-0.15, -0.1) is 0 Å². The number of aromatic nitrogens is 4. The zero-order valence-corrected chi connectivity index (χ0v) is 17.7. The Morgan fingerprint density at radius 3 is 2.71 bits per heavy atom. The van der Waals surface area contributed by atoms with Crippen molar-refractivity contribution in [1.82, 2.24) is 24.8 Å². The first-order valence-corrected chi connectivity index (χ1v) is 10.9. The van der Waals surface area contributed by atoms with Crippen molar-refractivity contribution in [2.75, 3.05) is 56.7 Å². The number of carbonyl (C=O) groups excluding carboxylic acids is 1. The fraction of sp³-hybridized carbons (Fsp3) is 0.571. The van der Waals surface area contributed by atoms with Gasteiger partial charge >= 0.3 is 0 Å². The van der Waals surface area contributed by atoms with Gasteiger partial charge < -0.3 is 19.9 Å². The number of likely N-dealkylation sites (tertiary alicyclic amines) is 1. The molecular formula is C21H27N7O3. The molecule has 1 unspecified atom stereocenters. The van der Waals surface area contributed by atoms with Crippen LogP contribution in [0.5, 0.6) is 0 Å². The van der Waals surface area contributed by atoms with E-state index in [1.54, 1.807) is 19.4 Å². The van der Waals surface area contributed by atoms with Gasteiger partial charge in [0.1, 0.15) is 0 Å². The average Bonchev–Trinajstić information content (AvgIpc) is 3.17. The second-order valence-corrected chi connectivity index (χ2v) is 8.47. The maximum Gasteiger partial charge on any atom is 0.257 e. The number of anilines is 2. The molecule has 1 atom stereocenters. The molecular weight excluding hydrogens is 398 g/mol. The van der Waals surface area contributed by atoms with E-state index in [0.29, 0.717) is 63.3 Å². The lowest BCUT2D eigenvalue weighted by Crippen LogP contribution is -2.48. The van der Waals surface area contributed by atoms with Gasteiger partial charge in [-0.3, -0.25) is 14.6 Å². The van der Waals surface area contributed by atoms with E-state index in [9.17, 15) is 9.59 Å². The zero-order valence-electron chi connectivity index (χ0n) is 17.7. The molecule has 2 aromatic rings. The van der Waals surface area contributed by atoms with Crippen molar-refractivity contribution in [3.8, 4) is 0 Å². The summed E-state index contributed by atoms with van der Waals surface area (Å²) in [5, 5.41) is 2.86. The minimum atomic E-state index is -0.273. The molecule has 0 aromatic carbocycles. The lowest BCUT2D eigenvalue weighted by molar-refractivity contribution is 0.0632. The number of nitrogens with one attached hydrogen (secondary N) is 2. The lowest BCUT2D eigenvalue weighted by Gasteiger charge is -2.40. The van der Waals surface area contributed by atoms with E-state index in [2.05, 4.69) is 25.2 Å². The molecule has 0 saturated carbocycles. The van der Waals surface area contributed by atoms with Crippen molar-refractivity contribution in [2.24, 2.45) is 0 Å². The number of hydrogen-bond acceptors (Lipinski definition) is 8. The van der Waals surface area contributed by atoms with Gasteiger partial charge in [0.25, 0.3) is 11.5 Å². The molecule has 2 fully saturated rings. The van der Waals surface area contributed by atoms with Crippen LogP contribution >= 0.6 is 0 Å². The molecule has 2 N–H and O–H groups in total. The van der Waals surface area contributed by atoms with Crippen LogP contribution < -0.4 is 15.8 Å². The van der Waals surface area contributed by atoms with Gasteiger partial charge in [-0.05, 0) is 25.7 Å². The summed E-state index contributed by atoms with van der Waals surface area (Å²) < 4.78 is 5.43. The maximum atomic E-state index is 13.1. The number of ether oxygens (including phenoxy) is 1. The van der Waals surface area contributed by atoms with E-state index >= 15 is 0 Å². The first kappa shape index (κ1) is 19.9. The highest BCUT2D eigenvalue weighted by Gasteiger charge is 2.46. The van der Waals surface area contributed by atoms with Crippen LogP contribution in [0.3, 0.4) is 0 Å². The highest BCUT2D eigenvalue weighted by molar-refractivity contribution is 5.93. The van der Waals surface area contributed by atoms with Crippen LogP contribution in [-0.2, 0) is 16.6 Å². The quantitative estimate of drug-likeness (QED) is 0.733. The molecule has 1 spiro atoms. The van der Waals surface area contributed by atoms with Gasteiger partial charge in [0.15, 0.2) is 0 Å². The van der Waals surface area contributed by atoms with E-state index in [4.69, 9.17) is 9.72 Å². The number of fused-ring (bicyclic) bond motifs is 2. The van der Waals surface area contributed by atoms with E-state index in [1.807, 2.05) is 4.90 Å². The molecule has 0 bridgehead atoms. The Labute approximate surface area is 180 Å². The Balaban J connectivity index is 1.43. The highest BCUT2D eigenvalue weighted by Crippen LogP contribution is 2.43. The summed E-state index contributed by atoms with van der Waals surface area (Å²) in [5.74, 6) is 1.02. The van der Waals surface area contributed by atoms with Crippen LogP contribution in [-0.4, -0.2) is 77.2 Å². The SMILES string of the molecule is CNc1ncc(C(=O)N2CCCC3(CCc4c3nc(N3CCOCC3)[nH]c4=O)C2)cn1. The number of carbonyl (C=O) groups is 1. The summed E-state index contributed by atoms with van der Waals surface area (Å²) >= 11 is 0. The molecule has 3 aliphatic rings. The van der Waals surface area contributed by atoms with Crippen LogP contribution in [0.2, 0.25) is 0 Å². The minimum Gasteiger partial charge on any atom is -0.378 e. The second kappa shape index (κ2) is 7.92. The van der Waals surface area contributed by atoms with Crippen LogP contribution in [0.1, 0.15) is 40.9 Å². The smallest absolute Gasteiger partial charge is 0.257 e. The maximum absolute atomic E-state index is 13.1. The lowest BCUT2D eigenvalue weighted by atomic mass is 9.77. The summed E-state index contributed by atoms with van der Waals surface area (Å²) in [7, 11) is 1.74. The molecule has 10 nitrogen and oxygen atoms in total. The first-order chi connectivity index (χ1) is 15.1. The molecule has 5 rings (SSSR count). The summed E-state index contributed by atoms with van der Waals surface area (Å²) in [6.45, 7) is 3.92. The Hall–Kier alpha value is -3.01. The number of nitrogens with zero attached hydrogens (tertiary/aromatic N) is 5. The number of amides is 1.